The van der Waals surface area contributed by atoms with Crippen LogP contribution in [0.1, 0.15) is 20.3 Å². The van der Waals surface area contributed by atoms with Gasteiger partial charge in [-0.05, 0) is 20.3 Å². The van der Waals surface area contributed by atoms with Gasteiger partial charge in [0.15, 0.2) is 0 Å². The third kappa shape index (κ3) is 1.97. The van der Waals surface area contributed by atoms with Crippen molar-refractivity contribution in [3.05, 3.63) is 0 Å². The van der Waals surface area contributed by atoms with Crippen LogP contribution in [0.25, 0.3) is 0 Å². The van der Waals surface area contributed by atoms with Crippen molar-refractivity contribution in [1.29, 1.82) is 0 Å². The lowest BCUT2D eigenvalue weighted by atomic mass is 10.4. The topological polar surface area (TPSA) is 46.6 Å². The molecule has 72 valence electrons. The Labute approximate surface area is 73.6 Å². The lowest BCUT2D eigenvalue weighted by molar-refractivity contribution is 0.0309. The lowest BCUT2D eigenvalue weighted by Crippen LogP contribution is -2.41. The Hall–Kier alpha value is -0.130. The van der Waals surface area contributed by atoms with Crippen LogP contribution in [-0.4, -0.2) is 37.9 Å². The van der Waals surface area contributed by atoms with Crippen molar-refractivity contribution in [2.75, 3.05) is 19.9 Å². The van der Waals surface area contributed by atoms with Gasteiger partial charge >= 0.3 is 0 Å². The Morgan fingerprint density at radius 2 is 2.08 bits per heavy atom. The first kappa shape index (κ1) is 9.95. The van der Waals surface area contributed by atoms with Crippen LogP contribution in [-0.2, 0) is 14.8 Å². The molecule has 0 aromatic heterocycles. The second-order valence-corrected chi connectivity index (χ2v) is 5.65. The van der Waals surface area contributed by atoms with Crippen molar-refractivity contribution < 1.29 is 13.2 Å². The molecule has 1 fully saturated rings. The molecule has 0 saturated carbocycles. The summed E-state index contributed by atoms with van der Waals surface area (Å²) < 4.78 is 29.5. The van der Waals surface area contributed by atoms with E-state index in [0.29, 0.717) is 13.2 Å². The van der Waals surface area contributed by atoms with Crippen LogP contribution in [0.2, 0.25) is 0 Å². The Kier molecular flexibility index (Phi) is 3.09. The smallest absolute Gasteiger partial charge is 0.218 e. The maximum Gasteiger partial charge on any atom is 0.218 e. The first-order chi connectivity index (χ1) is 5.55. The summed E-state index contributed by atoms with van der Waals surface area (Å²) in [4.78, 5) is 0. The number of nitrogens with zero attached hydrogens (tertiary/aromatic N) is 1. The molecule has 0 atom stereocenters. The average molecular weight is 193 g/mol. The van der Waals surface area contributed by atoms with E-state index < -0.39 is 10.0 Å². The normalized spacial score (nSPS) is 21.6. The molecule has 1 aliphatic heterocycles. The highest BCUT2D eigenvalue weighted by atomic mass is 32.2. The molecule has 1 rings (SSSR count). The van der Waals surface area contributed by atoms with E-state index in [-0.39, 0.29) is 12.0 Å². The largest absolute Gasteiger partial charge is 0.365 e. The monoisotopic (exact) mass is 193 g/mol. The second-order valence-electron chi connectivity index (χ2n) is 3.16. The molecule has 0 aromatic rings. The fourth-order valence-electron chi connectivity index (χ4n) is 1.07. The van der Waals surface area contributed by atoms with Crippen LogP contribution in [0.5, 0.6) is 0 Å². The summed E-state index contributed by atoms with van der Waals surface area (Å²) in [5.41, 5.74) is 0. The number of hydrogen-bond donors (Lipinski definition) is 0. The molecule has 4 nitrogen and oxygen atoms in total. The molecule has 0 aliphatic carbocycles. The van der Waals surface area contributed by atoms with E-state index in [1.807, 2.05) is 0 Å². The van der Waals surface area contributed by atoms with Crippen LogP contribution >= 0.6 is 0 Å². The standard InChI is InChI=1S/C7H15NO3S/c1-7(2)12(9,10)8-4-3-5-11-6-8/h7H,3-6H2,1-2H3. The zero-order chi connectivity index (χ0) is 9.19. The van der Waals surface area contributed by atoms with Gasteiger partial charge in [0, 0.05) is 13.2 Å². The zero-order valence-electron chi connectivity index (χ0n) is 7.49. The predicted octanol–water partition coefficient (Wildman–Crippen LogP) is 0.404. The molecule has 0 amide bonds. The number of sulfonamides is 1. The van der Waals surface area contributed by atoms with Gasteiger partial charge in [-0.1, -0.05) is 0 Å². The summed E-state index contributed by atoms with van der Waals surface area (Å²) in [6.07, 6.45) is 0.798. The predicted molar refractivity (Wildman–Crippen MR) is 46.2 cm³/mol. The van der Waals surface area contributed by atoms with E-state index in [1.165, 1.54) is 4.31 Å². The average Bonchev–Trinajstić information content (AvgIpc) is 2.06. The highest BCUT2D eigenvalue weighted by molar-refractivity contribution is 7.89. The van der Waals surface area contributed by atoms with Crippen LogP contribution in [0.4, 0.5) is 0 Å². The molecule has 5 heteroatoms. The molecule has 1 saturated heterocycles. The molecule has 0 aromatic carbocycles. The molecular formula is C7H15NO3S. The minimum absolute atomic E-state index is 0.223. The van der Waals surface area contributed by atoms with Gasteiger partial charge in [-0.15, -0.1) is 0 Å². The molecule has 0 bridgehead atoms. The zero-order valence-corrected chi connectivity index (χ0v) is 8.30. The summed E-state index contributed by atoms with van der Waals surface area (Å²) >= 11 is 0. The fourth-order valence-corrected chi connectivity index (χ4v) is 2.27. The molecule has 0 spiro atoms. The Balaban J connectivity index is 2.67. The molecule has 12 heavy (non-hydrogen) atoms. The molecule has 0 unspecified atom stereocenters. The molecular weight excluding hydrogens is 178 g/mol. The van der Waals surface area contributed by atoms with E-state index in [9.17, 15) is 8.42 Å². The maximum atomic E-state index is 11.5. The van der Waals surface area contributed by atoms with Gasteiger partial charge in [-0.2, -0.15) is 4.31 Å². The summed E-state index contributed by atoms with van der Waals surface area (Å²) in [5.74, 6) is 0. The highest BCUT2D eigenvalue weighted by Crippen LogP contribution is 2.12. The van der Waals surface area contributed by atoms with E-state index in [2.05, 4.69) is 0 Å². The van der Waals surface area contributed by atoms with Crippen molar-refractivity contribution in [3.8, 4) is 0 Å². The number of rotatable bonds is 2. The third-order valence-electron chi connectivity index (χ3n) is 1.89. The van der Waals surface area contributed by atoms with Crippen LogP contribution in [0.15, 0.2) is 0 Å². The van der Waals surface area contributed by atoms with Gasteiger partial charge in [-0.3, -0.25) is 0 Å². The van der Waals surface area contributed by atoms with Gasteiger partial charge in [0.05, 0.1) is 5.25 Å². The van der Waals surface area contributed by atoms with Crippen LogP contribution in [0.3, 0.4) is 0 Å². The van der Waals surface area contributed by atoms with Gasteiger partial charge in [0.25, 0.3) is 0 Å². The number of ether oxygens (including phenoxy) is 1. The minimum atomic E-state index is -3.09. The summed E-state index contributed by atoms with van der Waals surface area (Å²) in [7, 11) is -3.09. The quantitative estimate of drug-likeness (QED) is 0.638. The van der Waals surface area contributed by atoms with Crippen molar-refractivity contribution in [2.24, 2.45) is 0 Å². The third-order valence-corrected chi connectivity index (χ3v) is 4.09. The summed E-state index contributed by atoms with van der Waals surface area (Å²) in [5, 5.41) is -0.348. The molecule has 0 radical (unpaired) electrons. The molecule has 1 heterocycles. The van der Waals surface area contributed by atoms with Crippen molar-refractivity contribution in [3.63, 3.8) is 0 Å². The SMILES string of the molecule is CC(C)S(=O)(=O)N1CCCOC1. The number of hydrogen-bond acceptors (Lipinski definition) is 3. The van der Waals surface area contributed by atoms with Gasteiger partial charge in [0.1, 0.15) is 6.73 Å². The maximum absolute atomic E-state index is 11.5. The molecule has 0 N–H and O–H groups in total. The van der Waals surface area contributed by atoms with Crippen molar-refractivity contribution >= 4 is 10.0 Å². The second kappa shape index (κ2) is 3.72. The minimum Gasteiger partial charge on any atom is -0.365 e. The summed E-state index contributed by atoms with van der Waals surface area (Å²) in [6, 6.07) is 0. The van der Waals surface area contributed by atoms with E-state index in [4.69, 9.17) is 4.74 Å². The van der Waals surface area contributed by atoms with Gasteiger partial charge in [-0.25, -0.2) is 8.42 Å². The first-order valence-corrected chi connectivity index (χ1v) is 5.62. The molecule has 1 aliphatic rings. The van der Waals surface area contributed by atoms with Crippen LogP contribution in [0, 0.1) is 0 Å². The Morgan fingerprint density at radius 1 is 1.42 bits per heavy atom. The van der Waals surface area contributed by atoms with Crippen molar-refractivity contribution in [1.82, 2.24) is 4.31 Å². The van der Waals surface area contributed by atoms with Crippen LogP contribution < -0.4 is 0 Å². The lowest BCUT2D eigenvalue weighted by Gasteiger charge is -2.27. The van der Waals surface area contributed by atoms with Gasteiger partial charge < -0.3 is 4.74 Å². The Morgan fingerprint density at radius 3 is 2.50 bits per heavy atom. The van der Waals surface area contributed by atoms with Gasteiger partial charge in [0.2, 0.25) is 10.0 Å². The van der Waals surface area contributed by atoms with E-state index in [1.54, 1.807) is 13.8 Å². The van der Waals surface area contributed by atoms with E-state index in [0.717, 1.165) is 6.42 Å². The van der Waals surface area contributed by atoms with E-state index >= 15 is 0 Å². The highest BCUT2D eigenvalue weighted by Gasteiger charge is 2.27. The fraction of sp³-hybridized carbons (Fsp3) is 1.00. The summed E-state index contributed by atoms with van der Waals surface area (Å²) in [6.45, 7) is 4.86. The van der Waals surface area contributed by atoms with Crippen molar-refractivity contribution in [2.45, 2.75) is 25.5 Å². The Bertz CT molecular complexity index is 229. The first-order valence-electron chi connectivity index (χ1n) is 4.12.